The van der Waals surface area contributed by atoms with Gasteiger partial charge in [0, 0.05) is 47.4 Å². The van der Waals surface area contributed by atoms with Gasteiger partial charge in [-0.05, 0) is 51.8 Å². The minimum absolute atomic E-state index is 0.0239. The van der Waals surface area contributed by atoms with Crippen LogP contribution in [-0.4, -0.2) is 79.6 Å². The standard InChI is InChI=1S/C31H40N4O6.C2H6/c1-7-8-39-28-16(3)29-30(41-14-40-29)24-20(28)11-21-25-23-18(9-15(2)27(38-6)26(23)36)10-19(34(25)5)13-35(21)22(24)12-33-31(37)17(4)32;1-2/h7,9,17,19,21-22,25,36H,1,8,10-14,32H2,2-6H3,(H,33,37);1-2H3/t17-,19-,21?,22-,25-;/m0./s1. The highest BCUT2D eigenvalue weighted by molar-refractivity contribution is 5.81. The quantitative estimate of drug-likeness (QED) is 0.413. The van der Waals surface area contributed by atoms with Gasteiger partial charge in [-0.3, -0.25) is 14.6 Å². The molecule has 0 aromatic heterocycles. The Bertz CT molecular complexity index is 1410. The number of phenols is 1. The second kappa shape index (κ2) is 12.3. The van der Waals surface area contributed by atoms with Crippen LogP contribution in [0.2, 0.25) is 0 Å². The van der Waals surface area contributed by atoms with E-state index in [2.05, 4.69) is 34.8 Å². The average molecular weight is 595 g/mol. The summed E-state index contributed by atoms with van der Waals surface area (Å²) in [7, 11) is 3.74. The summed E-state index contributed by atoms with van der Waals surface area (Å²) in [4.78, 5) is 17.6. The molecular weight excluding hydrogens is 548 g/mol. The molecule has 6 rings (SSSR count). The Morgan fingerprint density at radius 1 is 1.23 bits per heavy atom. The molecule has 4 heterocycles. The molecule has 0 spiro atoms. The normalized spacial score (nSPS) is 24.0. The molecule has 4 aliphatic rings. The first-order chi connectivity index (χ1) is 20.7. The van der Waals surface area contributed by atoms with Crippen LogP contribution >= 0.6 is 0 Å². The van der Waals surface area contributed by atoms with Gasteiger partial charge in [0.1, 0.15) is 12.4 Å². The van der Waals surface area contributed by atoms with Crippen molar-refractivity contribution >= 4 is 5.91 Å². The number of benzene rings is 2. The van der Waals surface area contributed by atoms with Crippen molar-refractivity contribution in [2.75, 3.05) is 40.6 Å². The topological polar surface area (TPSA) is 119 Å². The number of methoxy groups -OCH3 is 1. The fraction of sp³-hybridized carbons (Fsp3) is 0.545. The Balaban J connectivity index is 0.00000180. The van der Waals surface area contributed by atoms with E-state index in [1.165, 1.54) is 0 Å². The van der Waals surface area contributed by atoms with Gasteiger partial charge >= 0.3 is 0 Å². The van der Waals surface area contributed by atoms with Crippen LogP contribution in [-0.2, 0) is 17.6 Å². The molecule has 10 heteroatoms. The van der Waals surface area contributed by atoms with E-state index < -0.39 is 6.04 Å². The number of piperazine rings is 1. The molecule has 43 heavy (non-hydrogen) atoms. The Labute approximate surface area is 254 Å². The van der Waals surface area contributed by atoms with Gasteiger partial charge in [0.25, 0.3) is 0 Å². The molecule has 1 saturated heterocycles. The molecule has 1 unspecified atom stereocenters. The number of rotatable bonds is 7. The maximum absolute atomic E-state index is 12.7. The zero-order valence-corrected chi connectivity index (χ0v) is 26.5. The number of nitrogens with zero attached hydrogens (tertiary/aromatic N) is 2. The molecule has 5 atom stereocenters. The van der Waals surface area contributed by atoms with Crippen LogP contribution in [0.1, 0.15) is 66.2 Å². The lowest BCUT2D eigenvalue weighted by atomic mass is 9.74. The average Bonchev–Trinajstić information content (AvgIpc) is 3.47. The molecule has 234 valence electrons. The van der Waals surface area contributed by atoms with E-state index in [0.717, 1.165) is 52.1 Å². The van der Waals surface area contributed by atoms with Crippen LogP contribution in [0.25, 0.3) is 0 Å². The fourth-order valence-electron chi connectivity index (χ4n) is 7.45. The van der Waals surface area contributed by atoms with E-state index in [-0.39, 0.29) is 42.6 Å². The molecular formula is C33H46N4O6. The summed E-state index contributed by atoms with van der Waals surface area (Å²) in [6.07, 6.45) is 3.19. The smallest absolute Gasteiger partial charge is 0.236 e. The summed E-state index contributed by atoms with van der Waals surface area (Å²) in [5.41, 5.74) is 11.8. The number of ether oxygens (including phenoxy) is 4. The number of hydrogen-bond donors (Lipinski definition) is 3. The summed E-state index contributed by atoms with van der Waals surface area (Å²) >= 11 is 0. The second-order valence-electron chi connectivity index (χ2n) is 11.6. The van der Waals surface area contributed by atoms with Crippen molar-refractivity contribution in [3.8, 4) is 28.7 Å². The number of aryl methyl sites for hydroxylation is 1. The van der Waals surface area contributed by atoms with E-state index in [1.54, 1.807) is 20.1 Å². The Kier molecular flexibility index (Phi) is 8.83. The number of carbonyl (C=O) groups is 1. The minimum Gasteiger partial charge on any atom is -0.504 e. The maximum Gasteiger partial charge on any atom is 0.236 e. The summed E-state index contributed by atoms with van der Waals surface area (Å²) in [5, 5.41) is 14.6. The monoisotopic (exact) mass is 594 g/mol. The molecule has 0 saturated carbocycles. The van der Waals surface area contributed by atoms with Crippen molar-refractivity contribution in [3.05, 3.63) is 52.1 Å². The Morgan fingerprint density at radius 2 is 1.95 bits per heavy atom. The van der Waals surface area contributed by atoms with Crippen molar-refractivity contribution in [2.24, 2.45) is 5.73 Å². The molecule has 0 radical (unpaired) electrons. The highest BCUT2D eigenvalue weighted by atomic mass is 16.7. The molecule has 4 aliphatic heterocycles. The van der Waals surface area contributed by atoms with Crippen LogP contribution in [0.3, 0.4) is 0 Å². The number of nitrogens with one attached hydrogen (secondary N) is 1. The van der Waals surface area contributed by atoms with Crippen LogP contribution in [0.15, 0.2) is 18.7 Å². The zero-order valence-electron chi connectivity index (χ0n) is 26.5. The van der Waals surface area contributed by atoms with E-state index in [0.29, 0.717) is 36.8 Å². The van der Waals surface area contributed by atoms with Gasteiger partial charge in [-0.2, -0.15) is 0 Å². The lowest BCUT2D eigenvalue weighted by Crippen LogP contribution is -2.64. The van der Waals surface area contributed by atoms with Crippen LogP contribution < -0.4 is 30.0 Å². The van der Waals surface area contributed by atoms with E-state index in [1.807, 2.05) is 27.7 Å². The predicted molar refractivity (Wildman–Crippen MR) is 165 cm³/mol. The van der Waals surface area contributed by atoms with Crippen molar-refractivity contribution in [1.82, 2.24) is 15.1 Å². The largest absolute Gasteiger partial charge is 0.504 e. The predicted octanol–water partition coefficient (Wildman–Crippen LogP) is 3.68. The molecule has 1 fully saturated rings. The van der Waals surface area contributed by atoms with Gasteiger partial charge in [-0.15, -0.1) is 0 Å². The lowest BCUT2D eigenvalue weighted by molar-refractivity contribution is -0.122. The third-order valence-corrected chi connectivity index (χ3v) is 9.26. The van der Waals surface area contributed by atoms with Gasteiger partial charge < -0.3 is 35.1 Å². The van der Waals surface area contributed by atoms with Gasteiger partial charge in [0.05, 0.1) is 25.2 Å². The summed E-state index contributed by atoms with van der Waals surface area (Å²) in [6.45, 7) is 15.1. The number of carbonyl (C=O) groups excluding carboxylic acids is 1. The summed E-state index contributed by atoms with van der Waals surface area (Å²) in [5.74, 6) is 2.67. The summed E-state index contributed by atoms with van der Waals surface area (Å²) < 4.78 is 24.0. The van der Waals surface area contributed by atoms with Crippen molar-refractivity contribution in [2.45, 2.75) is 77.7 Å². The maximum atomic E-state index is 12.7. The van der Waals surface area contributed by atoms with Crippen molar-refractivity contribution in [3.63, 3.8) is 0 Å². The first-order valence-electron chi connectivity index (χ1n) is 15.3. The molecule has 2 aromatic carbocycles. The third kappa shape index (κ3) is 4.99. The Hall–Kier alpha value is -3.47. The molecule has 1 amide bonds. The fourth-order valence-corrected chi connectivity index (χ4v) is 7.45. The molecule has 2 aromatic rings. The van der Waals surface area contributed by atoms with Crippen LogP contribution in [0.4, 0.5) is 0 Å². The van der Waals surface area contributed by atoms with Gasteiger partial charge in [0.2, 0.25) is 12.7 Å². The molecule has 10 nitrogen and oxygen atoms in total. The molecule has 0 aliphatic carbocycles. The highest BCUT2D eigenvalue weighted by Gasteiger charge is 2.52. The minimum atomic E-state index is -0.630. The zero-order chi connectivity index (χ0) is 31.2. The van der Waals surface area contributed by atoms with Gasteiger partial charge in [-0.1, -0.05) is 32.6 Å². The van der Waals surface area contributed by atoms with Gasteiger partial charge in [-0.25, -0.2) is 0 Å². The van der Waals surface area contributed by atoms with E-state index >= 15 is 0 Å². The van der Waals surface area contributed by atoms with Crippen LogP contribution in [0.5, 0.6) is 28.7 Å². The number of nitrogens with two attached hydrogens (primary N) is 1. The van der Waals surface area contributed by atoms with Crippen LogP contribution in [0, 0.1) is 13.8 Å². The number of aromatic hydroxyl groups is 1. The Morgan fingerprint density at radius 3 is 2.63 bits per heavy atom. The first-order valence-corrected chi connectivity index (χ1v) is 15.3. The SMILES string of the molecule is C=CCOc1c(C)c2c(c3c1CC1[C@H]4c5c(cc(C)c(OC)c5O)C[C@@H](CN1[C@H]3CNC(=O)[C@H](C)N)N4C)OCO2.CC. The van der Waals surface area contributed by atoms with Crippen molar-refractivity contribution in [1.29, 1.82) is 0 Å². The van der Waals surface area contributed by atoms with Crippen molar-refractivity contribution < 1.29 is 28.8 Å². The molecule has 4 N–H and O–H groups in total. The second-order valence-corrected chi connectivity index (χ2v) is 11.6. The van der Waals surface area contributed by atoms with Gasteiger partial charge in [0.15, 0.2) is 23.0 Å². The first kappa shape index (κ1) is 31.0. The number of amides is 1. The number of likely N-dealkylation sites (N-methyl/N-ethyl adjacent to an activating group) is 1. The number of fused-ring (bicyclic) bond motifs is 9. The number of phenolic OH excluding ortho intramolecular Hbond substituents is 1. The summed E-state index contributed by atoms with van der Waals surface area (Å²) in [6, 6.07) is 1.40. The lowest BCUT2D eigenvalue weighted by Gasteiger charge is -2.58. The van der Waals surface area contributed by atoms with E-state index in [4.69, 9.17) is 24.7 Å². The third-order valence-electron chi connectivity index (χ3n) is 9.26. The van der Waals surface area contributed by atoms with E-state index in [9.17, 15) is 9.90 Å². The number of hydrogen-bond acceptors (Lipinski definition) is 9. The highest BCUT2D eigenvalue weighted by Crippen LogP contribution is 2.57. The molecule has 2 bridgehead atoms.